The van der Waals surface area contributed by atoms with E-state index >= 15 is 0 Å². The number of hydrogen-bond acceptors (Lipinski definition) is 3. The summed E-state index contributed by atoms with van der Waals surface area (Å²) in [5.74, 6) is 0. The number of hydrogen-bond donors (Lipinski definition) is 2. The van der Waals surface area contributed by atoms with Crippen molar-refractivity contribution in [2.45, 2.75) is 69.4 Å². The van der Waals surface area contributed by atoms with Crippen molar-refractivity contribution in [3.05, 3.63) is 29.3 Å². The van der Waals surface area contributed by atoms with Crippen LogP contribution >= 0.6 is 0 Å². The number of benzene rings is 1. The van der Waals surface area contributed by atoms with Gasteiger partial charge in [-0.15, -0.1) is 0 Å². The zero-order chi connectivity index (χ0) is 15.9. The third-order valence-corrected chi connectivity index (χ3v) is 6.06. The van der Waals surface area contributed by atoms with Crippen LogP contribution in [-0.2, 0) is 21.2 Å². The molecule has 0 saturated carbocycles. The first-order valence-electron chi connectivity index (χ1n) is 7.70. The highest BCUT2D eigenvalue weighted by molar-refractivity contribution is 7.85. The van der Waals surface area contributed by atoms with Crippen LogP contribution in [0.3, 0.4) is 0 Å². The molecule has 1 aliphatic rings. The molecule has 0 aliphatic carbocycles. The van der Waals surface area contributed by atoms with Crippen LogP contribution in [0.15, 0.2) is 23.1 Å². The Kier molecular flexibility index (Phi) is 4.21. The van der Waals surface area contributed by atoms with Crippen molar-refractivity contribution in [1.82, 2.24) is 5.32 Å². The Labute approximate surface area is 127 Å². The highest BCUT2D eigenvalue weighted by Crippen LogP contribution is 2.48. The first kappa shape index (κ1) is 16.5. The molecule has 1 aliphatic heterocycles. The predicted molar refractivity (Wildman–Crippen MR) is 83.9 cm³/mol. The van der Waals surface area contributed by atoms with Crippen LogP contribution in [0.5, 0.6) is 0 Å². The summed E-state index contributed by atoms with van der Waals surface area (Å²) >= 11 is 0. The summed E-state index contributed by atoms with van der Waals surface area (Å²) in [6.45, 7) is 8.53. The van der Waals surface area contributed by atoms with E-state index < -0.39 is 10.1 Å². The highest BCUT2D eigenvalue weighted by Gasteiger charge is 2.48. The lowest BCUT2D eigenvalue weighted by Crippen LogP contribution is -2.46. The van der Waals surface area contributed by atoms with Crippen molar-refractivity contribution in [1.29, 1.82) is 0 Å². The van der Waals surface area contributed by atoms with Crippen LogP contribution in [0.1, 0.15) is 64.5 Å². The molecule has 0 aromatic heterocycles. The molecule has 0 amide bonds. The lowest BCUT2D eigenvalue weighted by atomic mass is 9.83. The Morgan fingerprint density at radius 1 is 0.952 bits per heavy atom. The molecule has 2 N–H and O–H groups in total. The molecule has 0 unspecified atom stereocenters. The molecule has 5 heteroatoms. The lowest BCUT2D eigenvalue weighted by Gasteiger charge is -2.35. The minimum atomic E-state index is -4.17. The first-order valence-corrected chi connectivity index (χ1v) is 9.14. The Morgan fingerprint density at radius 2 is 1.43 bits per heavy atom. The van der Waals surface area contributed by atoms with Crippen LogP contribution in [0.4, 0.5) is 0 Å². The van der Waals surface area contributed by atoms with Crippen molar-refractivity contribution in [3.8, 4) is 0 Å². The van der Waals surface area contributed by atoms with Gasteiger partial charge in [-0.25, -0.2) is 0 Å². The summed E-state index contributed by atoms with van der Waals surface area (Å²) in [6, 6.07) is 5.03. The average molecular weight is 311 g/mol. The van der Waals surface area contributed by atoms with Crippen molar-refractivity contribution in [2.24, 2.45) is 0 Å². The van der Waals surface area contributed by atoms with E-state index in [1.165, 1.54) is 11.6 Å². The molecule has 0 atom stereocenters. The van der Waals surface area contributed by atoms with Gasteiger partial charge >= 0.3 is 0 Å². The van der Waals surface area contributed by atoms with E-state index in [0.29, 0.717) is 0 Å². The van der Waals surface area contributed by atoms with Crippen molar-refractivity contribution in [2.75, 3.05) is 0 Å². The second-order valence-electron chi connectivity index (χ2n) is 5.89. The smallest absolute Gasteiger partial charge is 0.294 e. The zero-order valence-electron chi connectivity index (χ0n) is 13.2. The molecule has 118 valence electrons. The third-order valence-electron chi connectivity index (χ3n) is 5.21. The van der Waals surface area contributed by atoms with Gasteiger partial charge in [-0.3, -0.25) is 9.87 Å². The fourth-order valence-electron chi connectivity index (χ4n) is 3.71. The molecule has 0 fully saturated rings. The minimum Gasteiger partial charge on any atom is -0.298 e. The molecule has 0 spiro atoms. The molecule has 4 nitrogen and oxygen atoms in total. The maximum absolute atomic E-state index is 11.5. The van der Waals surface area contributed by atoms with E-state index in [1.807, 2.05) is 6.07 Å². The molecule has 2 rings (SSSR count). The van der Waals surface area contributed by atoms with Crippen LogP contribution in [0, 0.1) is 0 Å². The van der Waals surface area contributed by atoms with Crippen LogP contribution in [0.2, 0.25) is 0 Å². The maximum Gasteiger partial charge on any atom is 0.294 e. The van der Waals surface area contributed by atoms with Crippen molar-refractivity contribution in [3.63, 3.8) is 0 Å². The Bertz CT molecular complexity index is 629. The van der Waals surface area contributed by atoms with Crippen LogP contribution in [-0.4, -0.2) is 13.0 Å². The van der Waals surface area contributed by atoms with E-state index in [1.54, 1.807) is 6.07 Å². The normalized spacial score (nSPS) is 19.5. The summed E-state index contributed by atoms with van der Waals surface area (Å²) in [5, 5.41) is 3.78. The van der Waals surface area contributed by atoms with E-state index in [4.69, 9.17) is 0 Å². The molecular formula is C16H25NO3S. The average Bonchev–Trinajstić information content (AvgIpc) is 2.77. The van der Waals surface area contributed by atoms with Crippen molar-refractivity contribution < 1.29 is 13.0 Å². The number of rotatable bonds is 5. The molecule has 1 heterocycles. The number of nitrogens with one attached hydrogen (secondary N) is 1. The quantitative estimate of drug-likeness (QED) is 0.816. The Morgan fingerprint density at radius 3 is 1.86 bits per heavy atom. The Hall–Kier alpha value is -0.910. The van der Waals surface area contributed by atoms with Gasteiger partial charge in [0.15, 0.2) is 0 Å². The van der Waals surface area contributed by atoms with Gasteiger partial charge in [0.05, 0.1) is 4.90 Å². The van der Waals surface area contributed by atoms with E-state index in [0.717, 1.165) is 31.2 Å². The van der Waals surface area contributed by atoms with E-state index in [-0.39, 0.29) is 16.0 Å². The van der Waals surface area contributed by atoms with Gasteiger partial charge in [0.1, 0.15) is 0 Å². The zero-order valence-corrected chi connectivity index (χ0v) is 14.0. The molecule has 1 aromatic rings. The van der Waals surface area contributed by atoms with E-state index in [2.05, 4.69) is 33.0 Å². The molecule has 1 aromatic carbocycles. The summed E-state index contributed by atoms with van der Waals surface area (Å²) in [4.78, 5) is -0.0164. The molecule has 21 heavy (non-hydrogen) atoms. The van der Waals surface area contributed by atoms with Gasteiger partial charge in [0.2, 0.25) is 0 Å². The fourth-order valence-corrected chi connectivity index (χ4v) is 4.21. The highest BCUT2D eigenvalue weighted by atomic mass is 32.2. The standard InChI is InChI=1S/C16H25NO3S/c1-5-15(6-2)13-10-9-12(21(18,19)20)11-14(13)16(7-3,8-4)17-15/h9-11,17H,5-8H2,1-4H3,(H,18,19,20). The van der Waals surface area contributed by atoms with Gasteiger partial charge in [-0.05, 0) is 48.9 Å². The summed E-state index contributed by atoms with van der Waals surface area (Å²) in [6.07, 6.45) is 3.66. The van der Waals surface area contributed by atoms with Gasteiger partial charge in [-0.1, -0.05) is 33.8 Å². The number of fused-ring (bicyclic) bond motifs is 1. The minimum absolute atomic E-state index is 0.0164. The second kappa shape index (κ2) is 5.38. The van der Waals surface area contributed by atoms with Gasteiger partial charge in [0, 0.05) is 11.1 Å². The fraction of sp³-hybridized carbons (Fsp3) is 0.625. The van der Waals surface area contributed by atoms with Gasteiger partial charge < -0.3 is 0 Å². The monoisotopic (exact) mass is 311 g/mol. The van der Waals surface area contributed by atoms with Crippen LogP contribution < -0.4 is 5.32 Å². The SMILES string of the molecule is CCC1(CC)NC(CC)(CC)c2cc(S(=O)(=O)O)ccc21. The Balaban J connectivity index is 2.74. The largest absolute Gasteiger partial charge is 0.298 e. The van der Waals surface area contributed by atoms with Gasteiger partial charge in [0.25, 0.3) is 10.1 Å². The molecule has 0 bridgehead atoms. The summed E-state index contributed by atoms with van der Waals surface area (Å²) in [5.41, 5.74) is 1.86. The van der Waals surface area contributed by atoms with Gasteiger partial charge in [-0.2, -0.15) is 8.42 Å². The predicted octanol–water partition coefficient (Wildman–Crippen LogP) is 3.57. The molecule has 0 saturated heterocycles. The van der Waals surface area contributed by atoms with Crippen molar-refractivity contribution >= 4 is 10.1 Å². The topological polar surface area (TPSA) is 66.4 Å². The summed E-state index contributed by atoms with van der Waals surface area (Å²) in [7, 11) is -4.17. The molecular weight excluding hydrogens is 286 g/mol. The summed E-state index contributed by atoms with van der Waals surface area (Å²) < 4.78 is 32.2. The first-order chi connectivity index (χ1) is 9.78. The molecule has 0 radical (unpaired) electrons. The lowest BCUT2D eigenvalue weighted by molar-refractivity contribution is 0.217. The van der Waals surface area contributed by atoms with E-state index in [9.17, 15) is 13.0 Å². The maximum atomic E-state index is 11.5. The second-order valence-corrected chi connectivity index (χ2v) is 7.31. The third kappa shape index (κ3) is 2.41. The van der Waals surface area contributed by atoms with Crippen LogP contribution in [0.25, 0.3) is 0 Å².